The van der Waals surface area contributed by atoms with Gasteiger partial charge in [-0.15, -0.1) is 0 Å². The van der Waals surface area contributed by atoms with E-state index in [0.29, 0.717) is 17.0 Å². The number of primary amides is 1. The molecular weight excluding hydrogens is 390 g/mol. The molecule has 0 saturated heterocycles. The molecular formula is C20H15N5O5. The zero-order chi connectivity index (χ0) is 21.4. The van der Waals surface area contributed by atoms with Crippen molar-refractivity contribution in [3.63, 3.8) is 0 Å². The molecule has 0 aliphatic carbocycles. The predicted molar refractivity (Wildman–Crippen MR) is 107 cm³/mol. The van der Waals surface area contributed by atoms with Gasteiger partial charge in [-0.25, -0.2) is 24.1 Å². The fraction of sp³-hybridized carbons (Fsp3) is 0.0500. The lowest BCUT2D eigenvalue weighted by atomic mass is 10.1. The molecule has 0 atom stereocenters. The van der Waals surface area contributed by atoms with Gasteiger partial charge in [0.1, 0.15) is 11.3 Å². The summed E-state index contributed by atoms with van der Waals surface area (Å²) in [5, 5.41) is 9.23. The Bertz CT molecular complexity index is 1350. The number of carbonyl (C=O) groups excluding carboxylic acids is 1. The van der Waals surface area contributed by atoms with Crippen LogP contribution in [0.15, 0.2) is 53.3 Å². The quantitative estimate of drug-likeness (QED) is 0.455. The average molecular weight is 405 g/mol. The molecule has 4 N–H and O–H groups in total. The van der Waals surface area contributed by atoms with Gasteiger partial charge in [-0.05, 0) is 36.4 Å². The summed E-state index contributed by atoms with van der Waals surface area (Å²) in [5.41, 5.74) is 5.82. The van der Waals surface area contributed by atoms with Crippen LogP contribution in [0, 0.1) is 0 Å². The van der Waals surface area contributed by atoms with Gasteiger partial charge in [-0.3, -0.25) is 4.79 Å². The number of carboxylic acids is 1. The first-order chi connectivity index (χ1) is 14.4. The van der Waals surface area contributed by atoms with Crippen molar-refractivity contribution in [3.05, 3.63) is 70.3 Å². The minimum absolute atomic E-state index is 0.0263. The fourth-order valence-electron chi connectivity index (χ4n) is 3.05. The highest BCUT2D eigenvalue weighted by molar-refractivity contribution is 6.02. The first-order valence-corrected chi connectivity index (χ1v) is 8.70. The topological polar surface area (TPSA) is 153 Å². The SMILES string of the molecule is COc1ccc(-n2c(=O)[nH]c3c(C(N)=O)nc(-c4cccc(C(=O)O)c4)nc32)cc1. The summed E-state index contributed by atoms with van der Waals surface area (Å²) < 4.78 is 6.40. The molecule has 10 nitrogen and oxygen atoms in total. The maximum atomic E-state index is 12.6. The summed E-state index contributed by atoms with van der Waals surface area (Å²) >= 11 is 0. The lowest BCUT2D eigenvalue weighted by molar-refractivity contribution is 0.0696. The third-order valence-electron chi connectivity index (χ3n) is 4.47. The van der Waals surface area contributed by atoms with E-state index in [2.05, 4.69) is 15.0 Å². The second-order valence-electron chi connectivity index (χ2n) is 6.31. The minimum atomic E-state index is -1.12. The van der Waals surface area contributed by atoms with Crippen LogP contribution < -0.4 is 16.2 Å². The van der Waals surface area contributed by atoms with E-state index in [1.165, 1.54) is 29.9 Å². The van der Waals surface area contributed by atoms with Crippen molar-refractivity contribution in [1.82, 2.24) is 19.5 Å². The number of aromatic amines is 1. The molecule has 10 heteroatoms. The number of ether oxygens (including phenoxy) is 1. The van der Waals surface area contributed by atoms with Crippen LogP contribution in [0.2, 0.25) is 0 Å². The maximum Gasteiger partial charge on any atom is 0.335 e. The summed E-state index contributed by atoms with van der Waals surface area (Å²) in [6, 6.07) is 12.6. The molecule has 30 heavy (non-hydrogen) atoms. The van der Waals surface area contributed by atoms with E-state index in [0.717, 1.165) is 0 Å². The molecule has 0 aliphatic rings. The van der Waals surface area contributed by atoms with Gasteiger partial charge < -0.3 is 20.6 Å². The number of methoxy groups -OCH3 is 1. The van der Waals surface area contributed by atoms with Crippen molar-refractivity contribution < 1.29 is 19.4 Å². The number of nitrogens with one attached hydrogen (secondary N) is 1. The van der Waals surface area contributed by atoms with Crippen LogP contribution in [0.4, 0.5) is 0 Å². The number of aromatic nitrogens is 4. The van der Waals surface area contributed by atoms with Gasteiger partial charge in [-0.1, -0.05) is 12.1 Å². The van der Waals surface area contributed by atoms with Crippen LogP contribution in [0.5, 0.6) is 5.75 Å². The number of nitrogens with zero attached hydrogens (tertiary/aromatic N) is 3. The van der Waals surface area contributed by atoms with Crippen molar-refractivity contribution in [3.8, 4) is 22.8 Å². The smallest absolute Gasteiger partial charge is 0.335 e. The fourth-order valence-corrected chi connectivity index (χ4v) is 3.05. The Kier molecular flexibility index (Phi) is 4.51. The number of carboxylic acid groups (broad SMARTS) is 1. The van der Waals surface area contributed by atoms with Gasteiger partial charge in [0.05, 0.1) is 18.4 Å². The Morgan fingerprint density at radius 2 is 1.87 bits per heavy atom. The largest absolute Gasteiger partial charge is 0.497 e. The van der Waals surface area contributed by atoms with Crippen molar-refractivity contribution in [2.45, 2.75) is 0 Å². The molecule has 4 rings (SSSR count). The first-order valence-electron chi connectivity index (χ1n) is 8.70. The molecule has 0 aliphatic heterocycles. The zero-order valence-electron chi connectivity index (χ0n) is 15.6. The number of aromatic carboxylic acids is 1. The van der Waals surface area contributed by atoms with E-state index < -0.39 is 17.6 Å². The average Bonchev–Trinajstić information content (AvgIpc) is 3.08. The second kappa shape index (κ2) is 7.17. The standard InChI is InChI=1S/C20H15N5O5/c1-30-13-7-5-12(6-8-13)25-18-15(23-20(25)29)14(16(21)26)22-17(24-18)10-3-2-4-11(9-10)19(27)28/h2-9H,1H3,(H2,21,26)(H,23,29)(H,27,28). The van der Waals surface area contributed by atoms with E-state index in [-0.39, 0.29) is 28.2 Å². The highest BCUT2D eigenvalue weighted by Crippen LogP contribution is 2.23. The van der Waals surface area contributed by atoms with Gasteiger partial charge in [0.15, 0.2) is 17.2 Å². The summed E-state index contributed by atoms with van der Waals surface area (Å²) in [6.45, 7) is 0. The Morgan fingerprint density at radius 1 is 1.13 bits per heavy atom. The summed E-state index contributed by atoms with van der Waals surface area (Å²) in [5.74, 6) is -1.32. The monoisotopic (exact) mass is 405 g/mol. The van der Waals surface area contributed by atoms with Gasteiger partial charge in [0, 0.05) is 5.56 Å². The molecule has 0 unspecified atom stereocenters. The number of hydrogen-bond donors (Lipinski definition) is 3. The van der Waals surface area contributed by atoms with Crippen molar-refractivity contribution >= 4 is 23.0 Å². The Labute approximate surface area is 168 Å². The van der Waals surface area contributed by atoms with Crippen LogP contribution >= 0.6 is 0 Å². The number of hydrogen-bond acceptors (Lipinski definition) is 6. The maximum absolute atomic E-state index is 12.6. The molecule has 2 heterocycles. The number of rotatable bonds is 5. The molecule has 4 aromatic rings. The van der Waals surface area contributed by atoms with Gasteiger partial charge >= 0.3 is 11.7 Å². The third kappa shape index (κ3) is 3.15. The van der Waals surface area contributed by atoms with E-state index in [4.69, 9.17) is 10.5 Å². The lowest BCUT2D eigenvalue weighted by Crippen LogP contribution is -2.15. The Hall–Kier alpha value is -4.47. The molecule has 2 aromatic carbocycles. The van der Waals surface area contributed by atoms with Crippen LogP contribution in [0.25, 0.3) is 28.2 Å². The van der Waals surface area contributed by atoms with E-state index in [1.54, 1.807) is 30.3 Å². The number of H-pyrrole nitrogens is 1. The molecule has 1 amide bonds. The normalized spacial score (nSPS) is 10.8. The van der Waals surface area contributed by atoms with Crippen molar-refractivity contribution in [2.24, 2.45) is 5.73 Å². The molecule has 0 saturated carbocycles. The first kappa shape index (κ1) is 18.9. The molecule has 150 valence electrons. The van der Waals surface area contributed by atoms with Crippen LogP contribution in [0.1, 0.15) is 20.8 Å². The molecule has 0 radical (unpaired) electrons. The minimum Gasteiger partial charge on any atom is -0.497 e. The number of amides is 1. The van der Waals surface area contributed by atoms with Gasteiger partial charge in [0.2, 0.25) is 0 Å². The number of benzene rings is 2. The Balaban J connectivity index is 2.00. The second-order valence-corrected chi connectivity index (χ2v) is 6.31. The lowest BCUT2D eigenvalue weighted by Gasteiger charge is -2.07. The van der Waals surface area contributed by atoms with Crippen LogP contribution in [-0.2, 0) is 0 Å². The summed E-state index contributed by atoms with van der Waals surface area (Å²) in [6.07, 6.45) is 0. The number of fused-ring (bicyclic) bond motifs is 1. The highest BCUT2D eigenvalue weighted by Gasteiger charge is 2.20. The van der Waals surface area contributed by atoms with Gasteiger partial charge in [-0.2, -0.15) is 0 Å². The zero-order valence-corrected chi connectivity index (χ0v) is 15.6. The summed E-state index contributed by atoms with van der Waals surface area (Å²) in [7, 11) is 1.52. The number of carbonyl (C=O) groups is 2. The van der Waals surface area contributed by atoms with Crippen LogP contribution in [-0.4, -0.2) is 43.6 Å². The van der Waals surface area contributed by atoms with E-state index >= 15 is 0 Å². The number of imidazole rings is 1. The molecule has 0 bridgehead atoms. The highest BCUT2D eigenvalue weighted by atomic mass is 16.5. The number of nitrogens with two attached hydrogens (primary N) is 1. The molecule has 2 aromatic heterocycles. The molecule has 0 fully saturated rings. The van der Waals surface area contributed by atoms with Crippen molar-refractivity contribution in [2.75, 3.05) is 7.11 Å². The van der Waals surface area contributed by atoms with E-state index in [9.17, 15) is 19.5 Å². The summed E-state index contributed by atoms with van der Waals surface area (Å²) in [4.78, 5) is 47.1. The Morgan fingerprint density at radius 3 is 2.50 bits per heavy atom. The molecule has 0 spiro atoms. The van der Waals surface area contributed by atoms with Crippen LogP contribution in [0.3, 0.4) is 0 Å². The van der Waals surface area contributed by atoms with Gasteiger partial charge in [0.25, 0.3) is 5.91 Å². The van der Waals surface area contributed by atoms with E-state index in [1.807, 2.05) is 0 Å². The van der Waals surface area contributed by atoms with Crippen molar-refractivity contribution in [1.29, 1.82) is 0 Å². The third-order valence-corrected chi connectivity index (χ3v) is 4.47. The predicted octanol–water partition coefficient (Wildman–Crippen LogP) is 1.58.